The number of para-hydroxylation sites is 2. The molecule has 0 aromatic heterocycles. The highest BCUT2D eigenvalue weighted by Crippen LogP contribution is 2.36. The van der Waals surface area contributed by atoms with Crippen molar-refractivity contribution in [3.63, 3.8) is 0 Å². The number of nitrogens with zero attached hydrogens (tertiary/aromatic N) is 1. The Kier molecular flexibility index (Phi) is 5.43. The van der Waals surface area contributed by atoms with E-state index in [9.17, 15) is 18.0 Å². The molecule has 3 rings (SSSR count). The summed E-state index contributed by atoms with van der Waals surface area (Å²) in [5, 5.41) is 6.17. The summed E-state index contributed by atoms with van der Waals surface area (Å²) in [4.78, 5) is 17.6. The molecule has 1 atom stereocenters. The highest BCUT2D eigenvalue weighted by molar-refractivity contribution is 6.08. The first kappa shape index (κ1) is 19.5. The first-order valence-electron chi connectivity index (χ1n) is 8.26. The molecule has 9 heteroatoms. The number of anilines is 1. The molecule has 2 aromatic rings. The molecular formula is C19H17F3N2O4. The van der Waals surface area contributed by atoms with Gasteiger partial charge in [-0.3, -0.25) is 4.79 Å². The first-order valence-corrected chi connectivity index (χ1v) is 8.26. The van der Waals surface area contributed by atoms with Crippen LogP contribution in [0, 0.1) is 0 Å². The van der Waals surface area contributed by atoms with Gasteiger partial charge in [0.25, 0.3) is 5.91 Å². The van der Waals surface area contributed by atoms with Gasteiger partial charge >= 0.3 is 6.18 Å². The number of hydrogen-bond donors (Lipinski definition) is 1. The maximum absolute atomic E-state index is 13.1. The van der Waals surface area contributed by atoms with Gasteiger partial charge in [0.15, 0.2) is 11.5 Å². The number of nitrogens with one attached hydrogen (secondary N) is 1. The SMILES string of the molecule is COc1cccc(C2=NO[C@H](C(=O)Nc3ccccc3C(F)(F)F)C2)c1OC. The summed E-state index contributed by atoms with van der Waals surface area (Å²) in [6.45, 7) is 0. The average molecular weight is 394 g/mol. The molecule has 148 valence electrons. The van der Waals surface area contributed by atoms with Gasteiger partial charge in [-0.15, -0.1) is 0 Å². The largest absolute Gasteiger partial charge is 0.493 e. The number of amides is 1. The number of carbonyl (C=O) groups excluding carboxylic acids is 1. The molecule has 1 aliphatic heterocycles. The van der Waals surface area contributed by atoms with E-state index >= 15 is 0 Å². The molecule has 0 fully saturated rings. The zero-order valence-electron chi connectivity index (χ0n) is 15.0. The number of hydrogen-bond acceptors (Lipinski definition) is 5. The van der Waals surface area contributed by atoms with Crippen molar-refractivity contribution in [3.8, 4) is 11.5 Å². The summed E-state index contributed by atoms with van der Waals surface area (Å²) in [7, 11) is 2.96. The van der Waals surface area contributed by atoms with Crippen LogP contribution in [0.5, 0.6) is 11.5 Å². The van der Waals surface area contributed by atoms with E-state index in [1.165, 1.54) is 32.4 Å². The van der Waals surface area contributed by atoms with Gasteiger partial charge in [0, 0.05) is 12.0 Å². The van der Waals surface area contributed by atoms with Crippen LogP contribution < -0.4 is 14.8 Å². The lowest BCUT2D eigenvalue weighted by Gasteiger charge is -2.15. The van der Waals surface area contributed by atoms with Crippen molar-refractivity contribution in [1.82, 2.24) is 0 Å². The normalized spacial score (nSPS) is 16.2. The fourth-order valence-electron chi connectivity index (χ4n) is 2.84. The fourth-order valence-corrected chi connectivity index (χ4v) is 2.84. The van der Waals surface area contributed by atoms with Gasteiger partial charge < -0.3 is 19.6 Å². The van der Waals surface area contributed by atoms with Gasteiger partial charge in [-0.1, -0.05) is 23.4 Å². The third kappa shape index (κ3) is 3.88. The van der Waals surface area contributed by atoms with Crippen molar-refractivity contribution in [2.24, 2.45) is 5.16 Å². The Hall–Kier alpha value is -3.23. The van der Waals surface area contributed by atoms with E-state index in [1.807, 2.05) is 0 Å². The number of rotatable bonds is 5. The van der Waals surface area contributed by atoms with Gasteiger partial charge in [-0.2, -0.15) is 13.2 Å². The van der Waals surface area contributed by atoms with Crippen LogP contribution in [-0.4, -0.2) is 31.9 Å². The molecule has 0 saturated heterocycles. The Labute approximate surface area is 158 Å². The van der Waals surface area contributed by atoms with Gasteiger partial charge in [-0.25, -0.2) is 0 Å². The van der Waals surface area contributed by atoms with Gasteiger partial charge in [0.05, 0.1) is 31.2 Å². The maximum atomic E-state index is 13.1. The molecule has 2 aromatic carbocycles. The molecular weight excluding hydrogens is 377 g/mol. The van der Waals surface area contributed by atoms with Crippen LogP contribution in [-0.2, 0) is 15.8 Å². The highest BCUT2D eigenvalue weighted by Gasteiger charge is 2.36. The molecule has 0 saturated carbocycles. The molecule has 28 heavy (non-hydrogen) atoms. The monoisotopic (exact) mass is 394 g/mol. The lowest BCUT2D eigenvalue weighted by atomic mass is 10.0. The highest BCUT2D eigenvalue weighted by atomic mass is 19.4. The van der Waals surface area contributed by atoms with Gasteiger partial charge in [0.1, 0.15) is 0 Å². The lowest BCUT2D eigenvalue weighted by molar-refractivity contribution is -0.137. The van der Waals surface area contributed by atoms with E-state index in [-0.39, 0.29) is 12.1 Å². The molecule has 6 nitrogen and oxygen atoms in total. The molecule has 1 amide bonds. The van der Waals surface area contributed by atoms with Crippen molar-refractivity contribution in [2.45, 2.75) is 18.7 Å². The zero-order valence-corrected chi connectivity index (χ0v) is 15.0. The predicted octanol–water partition coefficient (Wildman–Crippen LogP) is 3.85. The first-order chi connectivity index (χ1) is 13.3. The van der Waals surface area contributed by atoms with Crippen molar-refractivity contribution in [1.29, 1.82) is 0 Å². The topological polar surface area (TPSA) is 69.2 Å². The Balaban J connectivity index is 1.76. The minimum Gasteiger partial charge on any atom is -0.493 e. The number of methoxy groups -OCH3 is 2. The quantitative estimate of drug-likeness (QED) is 0.836. The molecule has 1 N–H and O–H groups in total. The van der Waals surface area contributed by atoms with Crippen LogP contribution in [0.25, 0.3) is 0 Å². The molecule has 1 heterocycles. The van der Waals surface area contributed by atoms with E-state index in [0.29, 0.717) is 22.8 Å². The Morgan fingerprint density at radius 2 is 1.89 bits per heavy atom. The summed E-state index contributed by atoms with van der Waals surface area (Å²) in [6.07, 6.45) is -5.58. The third-order valence-corrected chi connectivity index (χ3v) is 4.17. The Morgan fingerprint density at radius 3 is 2.57 bits per heavy atom. The summed E-state index contributed by atoms with van der Waals surface area (Å²) in [5.41, 5.74) is -0.263. The summed E-state index contributed by atoms with van der Waals surface area (Å²) in [5.74, 6) is 0.183. The molecule has 0 aliphatic carbocycles. The maximum Gasteiger partial charge on any atom is 0.418 e. The van der Waals surface area contributed by atoms with Gasteiger partial charge in [-0.05, 0) is 24.3 Å². The van der Waals surface area contributed by atoms with Crippen LogP contribution >= 0.6 is 0 Å². The molecule has 0 bridgehead atoms. The number of ether oxygens (including phenoxy) is 2. The lowest BCUT2D eigenvalue weighted by Crippen LogP contribution is -2.29. The van der Waals surface area contributed by atoms with E-state index in [4.69, 9.17) is 14.3 Å². The van der Waals surface area contributed by atoms with Crippen molar-refractivity contribution in [3.05, 3.63) is 53.6 Å². The second-order valence-corrected chi connectivity index (χ2v) is 5.91. The summed E-state index contributed by atoms with van der Waals surface area (Å²) < 4.78 is 49.8. The zero-order chi connectivity index (χ0) is 20.3. The van der Waals surface area contributed by atoms with Crippen LogP contribution in [0.4, 0.5) is 18.9 Å². The number of alkyl halides is 3. The van der Waals surface area contributed by atoms with E-state index < -0.39 is 23.8 Å². The molecule has 0 radical (unpaired) electrons. The second kappa shape index (κ2) is 7.79. The third-order valence-electron chi connectivity index (χ3n) is 4.17. The van der Waals surface area contributed by atoms with Gasteiger partial charge in [0.2, 0.25) is 6.10 Å². The molecule has 0 spiro atoms. The number of carbonyl (C=O) groups is 1. The minimum absolute atomic E-state index is 0.0730. The van der Waals surface area contributed by atoms with E-state index in [0.717, 1.165) is 6.07 Å². The summed E-state index contributed by atoms with van der Waals surface area (Å²) >= 11 is 0. The number of oxime groups is 1. The average Bonchev–Trinajstić information content (AvgIpc) is 3.17. The second-order valence-electron chi connectivity index (χ2n) is 5.91. The number of halogens is 3. The minimum atomic E-state index is -4.59. The Bertz CT molecular complexity index is 912. The van der Waals surface area contributed by atoms with E-state index in [2.05, 4.69) is 10.5 Å². The van der Waals surface area contributed by atoms with Crippen LogP contribution in [0.1, 0.15) is 17.5 Å². The van der Waals surface area contributed by atoms with Crippen LogP contribution in [0.15, 0.2) is 47.6 Å². The Morgan fingerprint density at radius 1 is 1.14 bits per heavy atom. The molecule has 0 unspecified atom stereocenters. The van der Waals surface area contributed by atoms with Crippen LogP contribution in [0.2, 0.25) is 0 Å². The fraction of sp³-hybridized carbons (Fsp3) is 0.263. The summed E-state index contributed by atoms with van der Waals surface area (Å²) in [6, 6.07) is 9.90. The van der Waals surface area contributed by atoms with Crippen molar-refractivity contribution in [2.75, 3.05) is 19.5 Å². The number of benzene rings is 2. The standard InChI is InChI=1S/C19H17F3N2O4/c1-26-15-9-5-6-11(17(15)27-2)14-10-16(28-24-14)18(25)23-13-8-4-3-7-12(13)19(20,21)22/h3-9,16H,10H2,1-2H3,(H,23,25)/t16-/m0/s1. The predicted molar refractivity (Wildman–Crippen MR) is 95.6 cm³/mol. The van der Waals surface area contributed by atoms with Crippen molar-refractivity contribution < 1.29 is 32.3 Å². The molecule has 1 aliphatic rings. The van der Waals surface area contributed by atoms with Crippen molar-refractivity contribution >= 4 is 17.3 Å². The van der Waals surface area contributed by atoms with Crippen LogP contribution in [0.3, 0.4) is 0 Å². The smallest absolute Gasteiger partial charge is 0.418 e. The van der Waals surface area contributed by atoms with E-state index in [1.54, 1.807) is 18.2 Å².